The number of hydrogen-bond donors (Lipinski definition) is 1. The van der Waals surface area contributed by atoms with Crippen LogP contribution in [0.5, 0.6) is 0 Å². The van der Waals surface area contributed by atoms with Crippen molar-refractivity contribution < 1.29 is 4.79 Å². The van der Waals surface area contributed by atoms with Crippen LogP contribution in [0.1, 0.15) is 60.3 Å². The van der Waals surface area contributed by atoms with Gasteiger partial charge in [0.1, 0.15) is 0 Å². The van der Waals surface area contributed by atoms with Gasteiger partial charge in [0.2, 0.25) is 5.91 Å². The van der Waals surface area contributed by atoms with Gasteiger partial charge in [-0.2, -0.15) is 0 Å². The van der Waals surface area contributed by atoms with Crippen molar-refractivity contribution in [2.75, 3.05) is 0 Å². The molecule has 2 unspecified atom stereocenters. The molecule has 0 aromatic carbocycles. The number of rotatable bonds is 2. The summed E-state index contributed by atoms with van der Waals surface area (Å²) in [4.78, 5) is 14.8. The summed E-state index contributed by atoms with van der Waals surface area (Å²) < 4.78 is 0. The van der Waals surface area contributed by atoms with Crippen LogP contribution in [-0.4, -0.2) is 29.1 Å². The number of carbonyl (C=O) groups is 1. The lowest BCUT2D eigenvalue weighted by Crippen LogP contribution is -2.45. The average molecular weight is 264 g/mol. The zero-order chi connectivity index (χ0) is 14.0. The van der Waals surface area contributed by atoms with Crippen molar-refractivity contribution in [2.24, 2.45) is 16.7 Å². The quantitative estimate of drug-likeness (QED) is 0.832. The maximum absolute atomic E-state index is 12.6. The van der Waals surface area contributed by atoms with Gasteiger partial charge >= 0.3 is 0 Å². The van der Waals surface area contributed by atoms with E-state index in [4.69, 9.17) is 0 Å². The van der Waals surface area contributed by atoms with E-state index in [1.807, 2.05) is 6.92 Å². The van der Waals surface area contributed by atoms with Crippen molar-refractivity contribution >= 4 is 5.91 Å². The van der Waals surface area contributed by atoms with Crippen LogP contribution < -0.4 is 5.32 Å². The molecule has 1 aliphatic heterocycles. The summed E-state index contributed by atoms with van der Waals surface area (Å²) in [5, 5.41) is 3.57. The Hall–Kier alpha value is -0.570. The van der Waals surface area contributed by atoms with Crippen molar-refractivity contribution in [2.45, 2.75) is 78.6 Å². The van der Waals surface area contributed by atoms with Gasteiger partial charge in [0, 0.05) is 6.04 Å². The predicted octanol–water partition coefficient (Wildman–Crippen LogP) is 2.76. The summed E-state index contributed by atoms with van der Waals surface area (Å²) in [6, 6.07) is 0.397. The van der Waals surface area contributed by atoms with Gasteiger partial charge in [0.05, 0.1) is 12.2 Å². The van der Waals surface area contributed by atoms with Gasteiger partial charge in [-0.25, -0.2) is 0 Å². The minimum Gasteiger partial charge on any atom is -0.321 e. The van der Waals surface area contributed by atoms with Gasteiger partial charge < -0.3 is 4.90 Å². The Bertz CT molecular complexity index is 382. The van der Waals surface area contributed by atoms with E-state index in [0.29, 0.717) is 17.9 Å². The zero-order valence-electron chi connectivity index (χ0n) is 13.0. The Balaban J connectivity index is 1.87. The third kappa shape index (κ3) is 1.70. The van der Waals surface area contributed by atoms with Crippen LogP contribution in [0.4, 0.5) is 0 Å². The van der Waals surface area contributed by atoms with Crippen molar-refractivity contribution in [3.63, 3.8) is 0 Å². The monoisotopic (exact) mass is 264 g/mol. The Morgan fingerprint density at radius 1 is 1.11 bits per heavy atom. The van der Waals surface area contributed by atoms with Gasteiger partial charge in [-0.1, -0.05) is 40.5 Å². The normalized spacial score (nSPS) is 38.2. The van der Waals surface area contributed by atoms with Gasteiger partial charge in [0.25, 0.3) is 0 Å². The fraction of sp³-hybridized carbons (Fsp3) is 0.938. The molecule has 2 saturated carbocycles. The molecule has 1 heterocycles. The number of amides is 1. The van der Waals surface area contributed by atoms with Crippen LogP contribution in [0, 0.1) is 16.7 Å². The number of hydrogen-bond acceptors (Lipinski definition) is 2. The highest BCUT2D eigenvalue weighted by Crippen LogP contribution is 2.66. The van der Waals surface area contributed by atoms with Gasteiger partial charge in [-0.15, -0.1) is 0 Å². The fourth-order valence-electron chi connectivity index (χ4n) is 4.55. The van der Waals surface area contributed by atoms with Crippen LogP contribution in [0.3, 0.4) is 0 Å². The van der Waals surface area contributed by atoms with E-state index in [-0.39, 0.29) is 23.0 Å². The van der Waals surface area contributed by atoms with E-state index in [2.05, 4.69) is 37.9 Å². The Morgan fingerprint density at radius 2 is 1.63 bits per heavy atom. The van der Waals surface area contributed by atoms with Crippen molar-refractivity contribution in [3.05, 3.63) is 0 Å². The molecule has 3 heteroatoms. The first-order valence-corrected chi connectivity index (χ1v) is 7.86. The molecule has 0 spiro atoms. The molecular weight excluding hydrogens is 236 g/mol. The summed E-state index contributed by atoms with van der Waals surface area (Å²) in [6.07, 6.45) is 5.51. The van der Waals surface area contributed by atoms with Crippen LogP contribution in [0.25, 0.3) is 0 Å². The molecule has 0 bridgehead atoms. The zero-order valence-corrected chi connectivity index (χ0v) is 13.0. The lowest BCUT2D eigenvalue weighted by Gasteiger charge is -2.31. The minimum absolute atomic E-state index is 0.00204. The molecule has 2 aliphatic carbocycles. The second-order valence-electron chi connectivity index (χ2n) is 7.97. The molecular formula is C16H28N2O. The highest BCUT2D eigenvalue weighted by Gasteiger charge is 2.70. The second-order valence-corrected chi connectivity index (χ2v) is 7.97. The highest BCUT2D eigenvalue weighted by molar-refractivity contribution is 5.85. The SMILES string of the molecule is CC1NC(C2CCCC2)N(C2C(C)(C)C2(C)C)C1=O. The second kappa shape index (κ2) is 3.97. The van der Waals surface area contributed by atoms with Crippen molar-refractivity contribution in [1.82, 2.24) is 10.2 Å². The van der Waals surface area contributed by atoms with Crippen molar-refractivity contribution in [1.29, 1.82) is 0 Å². The van der Waals surface area contributed by atoms with E-state index >= 15 is 0 Å². The van der Waals surface area contributed by atoms with Crippen LogP contribution in [-0.2, 0) is 4.79 Å². The average Bonchev–Trinajstić information content (AvgIpc) is 2.78. The smallest absolute Gasteiger partial charge is 0.241 e. The first-order valence-electron chi connectivity index (χ1n) is 7.86. The topological polar surface area (TPSA) is 32.3 Å². The largest absolute Gasteiger partial charge is 0.321 e. The van der Waals surface area contributed by atoms with Crippen LogP contribution in [0.15, 0.2) is 0 Å². The Morgan fingerprint density at radius 3 is 2.11 bits per heavy atom. The molecule has 1 amide bonds. The van der Waals surface area contributed by atoms with E-state index in [9.17, 15) is 4.79 Å². The summed E-state index contributed by atoms with van der Waals surface area (Å²) >= 11 is 0. The molecule has 1 saturated heterocycles. The first kappa shape index (κ1) is 13.4. The van der Waals surface area contributed by atoms with Gasteiger partial charge in [0.15, 0.2) is 0 Å². The maximum Gasteiger partial charge on any atom is 0.241 e. The molecule has 1 N–H and O–H groups in total. The van der Waals surface area contributed by atoms with Crippen LogP contribution in [0.2, 0.25) is 0 Å². The molecule has 3 aliphatic rings. The summed E-state index contributed by atoms with van der Waals surface area (Å²) in [5.74, 6) is 0.988. The highest BCUT2D eigenvalue weighted by atomic mass is 16.2. The van der Waals surface area contributed by atoms with Gasteiger partial charge in [-0.05, 0) is 36.5 Å². The maximum atomic E-state index is 12.6. The van der Waals surface area contributed by atoms with Gasteiger partial charge in [-0.3, -0.25) is 10.1 Å². The van der Waals surface area contributed by atoms with E-state index in [1.165, 1.54) is 25.7 Å². The number of carbonyl (C=O) groups excluding carboxylic acids is 1. The molecule has 3 rings (SSSR count). The molecule has 0 aromatic heterocycles. The molecule has 3 fully saturated rings. The standard InChI is InChI=1S/C16H28N2O/c1-10-13(19)18(14-15(2,3)16(14,4)5)12(17-10)11-8-6-7-9-11/h10-12,14,17H,6-9H2,1-5H3. The fourth-order valence-corrected chi connectivity index (χ4v) is 4.55. The molecule has 19 heavy (non-hydrogen) atoms. The lowest BCUT2D eigenvalue weighted by molar-refractivity contribution is -0.131. The number of nitrogens with one attached hydrogen (secondary N) is 1. The first-order chi connectivity index (χ1) is 8.78. The number of nitrogens with zero attached hydrogens (tertiary/aromatic N) is 1. The summed E-state index contributed by atoms with van der Waals surface area (Å²) in [5.41, 5.74) is 0.483. The minimum atomic E-state index is -0.00204. The molecule has 0 radical (unpaired) electrons. The Kier molecular flexibility index (Phi) is 2.80. The van der Waals surface area contributed by atoms with Crippen LogP contribution >= 0.6 is 0 Å². The third-order valence-electron chi connectivity index (χ3n) is 6.41. The lowest BCUT2D eigenvalue weighted by atomic mass is 10.0. The summed E-state index contributed by atoms with van der Waals surface area (Å²) in [6.45, 7) is 11.2. The molecule has 108 valence electrons. The molecule has 3 nitrogen and oxygen atoms in total. The predicted molar refractivity (Wildman–Crippen MR) is 76.5 cm³/mol. The van der Waals surface area contributed by atoms with E-state index in [0.717, 1.165) is 0 Å². The third-order valence-corrected chi connectivity index (χ3v) is 6.41. The molecule has 2 atom stereocenters. The summed E-state index contributed by atoms with van der Waals surface area (Å²) in [7, 11) is 0. The van der Waals surface area contributed by atoms with E-state index in [1.54, 1.807) is 0 Å². The molecule has 0 aromatic rings. The Labute approximate surface area is 117 Å². The van der Waals surface area contributed by atoms with E-state index < -0.39 is 0 Å². The van der Waals surface area contributed by atoms with Crippen molar-refractivity contribution in [3.8, 4) is 0 Å².